The number of thioether (sulfide) groups is 1. The van der Waals surface area contributed by atoms with E-state index in [-0.39, 0.29) is 5.91 Å². The molecule has 17 heavy (non-hydrogen) atoms. The van der Waals surface area contributed by atoms with Gasteiger partial charge in [0.15, 0.2) is 0 Å². The van der Waals surface area contributed by atoms with Crippen molar-refractivity contribution in [2.24, 2.45) is 0 Å². The molecule has 0 bridgehead atoms. The fourth-order valence-electron chi connectivity index (χ4n) is 2.08. The molecule has 1 fully saturated rings. The van der Waals surface area contributed by atoms with Crippen LogP contribution in [-0.2, 0) is 11.2 Å². The fraction of sp³-hybridized carbons (Fsp3) is 0.615. The van der Waals surface area contributed by atoms with Crippen LogP contribution in [0.15, 0.2) is 16.8 Å². The number of amides is 1. The van der Waals surface area contributed by atoms with Crippen LogP contribution in [0.1, 0.15) is 31.2 Å². The van der Waals surface area contributed by atoms with Gasteiger partial charge in [0, 0.05) is 11.8 Å². The lowest BCUT2D eigenvalue weighted by molar-refractivity contribution is -0.118. The van der Waals surface area contributed by atoms with E-state index in [1.54, 1.807) is 11.3 Å². The van der Waals surface area contributed by atoms with Crippen LogP contribution < -0.4 is 5.32 Å². The van der Waals surface area contributed by atoms with Crippen LogP contribution in [0.5, 0.6) is 0 Å². The standard InChI is InChI=1S/C13H19NOS2/c15-13(10-17-12-3-1-2-4-12)14-7-5-11-6-8-16-9-11/h6,8-9,12H,1-5,7,10H2,(H,14,15). The van der Waals surface area contributed by atoms with Gasteiger partial charge in [-0.1, -0.05) is 12.8 Å². The molecule has 0 aliphatic heterocycles. The highest BCUT2D eigenvalue weighted by atomic mass is 32.2. The lowest BCUT2D eigenvalue weighted by Crippen LogP contribution is -2.27. The maximum absolute atomic E-state index is 11.6. The second kappa shape index (κ2) is 7.07. The van der Waals surface area contributed by atoms with E-state index in [0.717, 1.165) is 18.2 Å². The molecule has 0 radical (unpaired) electrons. The van der Waals surface area contributed by atoms with Gasteiger partial charge in [0.1, 0.15) is 0 Å². The molecule has 1 aromatic heterocycles. The first-order valence-corrected chi connectivity index (χ1v) is 8.23. The van der Waals surface area contributed by atoms with E-state index in [0.29, 0.717) is 5.75 Å². The molecule has 2 rings (SSSR count). The fourth-order valence-corrected chi connectivity index (χ4v) is 3.94. The molecule has 1 aliphatic rings. The van der Waals surface area contributed by atoms with Crippen molar-refractivity contribution < 1.29 is 4.79 Å². The van der Waals surface area contributed by atoms with Gasteiger partial charge in [-0.25, -0.2) is 0 Å². The summed E-state index contributed by atoms with van der Waals surface area (Å²) in [6.45, 7) is 0.765. The maximum atomic E-state index is 11.6. The first-order chi connectivity index (χ1) is 8.34. The summed E-state index contributed by atoms with van der Waals surface area (Å²) in [4.78, 5) is 11.6. The number of hydrogen-bond donors (Lipinski definition) is 1. The monoisotopic (exact) mass is 269 g/mol. The summed E-state index contributed by atoms with van der Waals surface area (Å²) in [5, 5.41) is 7.94. The highest BCUT2D eigenvalue weighted by molar-refractivity contribution is 8.00. The molecule has 1 aromatic rings. The van der Waals surface area contributed by atoms with Gasteiger partial charge in [0.25, 0.3) is 0 Å². The number of hydrogen-bond acceptors (Lipinski definition) is 3. The quantitative estimate of drug-likeness (QED) is 0.860. The third-order valence-corrected chi connectivity index (χ3v) is 5.17. The van der Waals surface area contributed by atoms with Gasteiger partial charge < -0.3 is 5.32 Å². The largest absolute Gasteiger partial charge is 0.355 e. The summed E-state index contributed by atoms with van der Waals surface area (Å²) in [6.07, 6.45) is 6.23. The molecular weight excluding hydrogens is 250 g/mol. The maximum Gasteiger partial charge on any atom is 0.230 e. The Morgan fingerprint density at radius 3 is 3.00 bits per heavy atom. The van der Waals surface area contributed by atoms with E-state index >= 15 is 0 Å². The molecule has 94 valence electrons. The Bertz CT molecular complexity index is 331. The minimum absolute atomic E-state index is 0.192. The molecule has 0 aromatic carbocycles. The average molecular weight is 269 g/mol. The van der Waals surface area contributed by atoms with Crippen molar-refractivity contribution in [3.05, 3.63) is 22.4 Å². The summed E-state index contributed by atoms with van der Waals surface area (Å²) in [5.41, 5.74) is 1.32. The van der Waals surface area contributed by atoms with Crippen LogP contribution in [0.25, 0.3) is 0 Å². The number of thiophene rings is 1. The molecule has 2 nitrogen and oxygen atoms in total. The molecule has 4 heteroatoms. The van der Waals surface area contributed by atoms with Gasteiger partial charge in [-0.05, 0) is 41.7 Å². The third-order valence-electron chi connectivity index (χ3n) is 3.07. The number of rotatable bonds is 6. The van der Waals surface area contributed by atoms with E-state index in [9.17, 15) is 4.79 Å². The smallest absolute Gasteiger partial charge is 0.230 e. The minimum atomic E-state index is 0.192. The van der Waals surface area contributed by atoms with Gasteiger partial charge in [0.05, 0.1) is 5.75 Å². The minimum Gasteiger partial charge on any atom is -0.355 e. The van der Waals surface area contributed by atoms with E-state index in [1.165, 1.54) is 31.2 Å². The Morgan fingerprint density at radius 1 is 1.47 bits per heavy atom. The summed E-state index contributed by atoms with van der Waals surface area (Å²) in [5.74, 6) is 0.825. The van der Waals surface area contributed by atoms with Crippen molar-refractivity contribution in [2.45, 2.75) is 37.4 Å². The summed E-state index contributed by atoms with van der Waals surface area (Å²) < 4.78 is 0. The second-order valence-electron chi connectivity index (χ2n) is 4.45. The van der Waals surface area contributed by atoms with Crippen LogP contribution in [0.2, 0.25) is 0 Å². The number of carbonyl (C=O) groups is 1. The molecule has 0 spiro atoms. The molecular formula is C13H19NOS2. The van der Waals surface area contributed by atoms with Crippen molar-refractivity contribution >= 4 is 29.0 Å². The lowest BCUT2D eigenvalue weighted by atomic mass is 10.2. The van der Waals surface area contributed by atoms with Crippen molar-refractivity contribution in [2.75, 3.05) is 12.3 Å². The molecule has 0 unspecified atom stereocenters. The lowest BCUT2D eigenvalue weighted by Gasteiger charge is -2.08. The Kier molecular flexibility index (Phi) is 5.39. The van der Waals surface area contributed by atoms with E-state index < -0.39 is 0 Å². The van der Waals surface area contributed by atoms with Gasteiger partial charge in [-0.3, -0.25) is 4.79 Å². The first-order valence-electron chi connectivity index (χ1n) is 6.24. The molecule has 1 heterocycles. The predicted molar refractivity (Wildman–Crippen MR) is 75.7 cm³/mol. The van der Waals surface area contributed by atoms with Crippen molar-refractivity contribution in [1.29, 1.82) is 0 Å². The molecule has 0 atom stereocenters. The Labute approximate surface area is 111 Å². The van der Waals surface area contributed by atoms with Gasteiger partial charge in [-0.15, -0.1) is 11.8 Å². The van der Waals surface area contributed by atoms with Crippen molar-refractivity contribution in [3.8, 4) is 0 Å². The Hall–Kier alpha value is -0.480. The number of carbonyl (C=O) groups excluding carboxylic acids is 1. The highest BCUT2D eigenvalue weighted by Crippen LogP contribution is 2.28. The molecule has 0 saturated heterocycles. The summed E-state index contributed by atoms with van der Waals surface area (Å²) in [6, 6.07) is 2.12. The summed E-state index contributed by atoms with van der Waals surface area (Å²) >= 11 is 3.54. The summed E-state index contributed by atoms with van der Waals surface area (Å²) in [7, 11) is 0. The van der Waals surface area contributed by atoms with Crippen LogP contribution in [0, 0.1) is 0 Å². The van der Waals surface area contributed by atoms with Gasteiger partial charge >= 0.3 is 0 Å². The van der Waals surface area contributed by atoms with Crippen LogP contribution in [0.3, 0.4) is 0 Å². The number of nitrogens with one attached hydrogen (secondary N) is 1. The highest BCUT2D eigenvalue weighted by Gasteiger charge is 2.16. The third kappa shape index (κ3) is 4.72. The predicted octanol–water partition coefficient (Wildman–Crippen LogP) is 3.08. The normalized spacial score (nSPS) is 16.2. The second-order valence-corrected chi connectivity index (χ2v) is 6.52. The van der Waals surface area contributed by atoms with Crippen molar-refractivity contribution in [1.82, 2.24) is 5.32 Å². The zero-order valence-corrected chi connectivity index (χ0v) is 11.6. The topological polar surface area (TPSA) is 29.1 Å². The van der Waals surface area contributed by atoms with E-state index in [1.807, 2.05) is 11.8 Å². The van der Waals surface area contributed by atoms with Crippen molar-refractivity contribution in [3.63, 3.8) is 0 Å². The SMILES string of the molecule is O=C(CSC1CCCC1)NCCc1ccsc1. The van der Waals surface area contributed by atoms with Gasteiger partial charge in [0.2, 0.25) is 5.91 Å². The zero-order valence-electron chi connectivity index (χ0n) is 9.98. The van der Waals surface area contributed by atoms with E-state index in [2.05, 4.69) is 22.1 Å². The first kappa shape index (κ1) is 13.0. The van der Waals surface area contributed by atoms with Crippen LogP contribution in [0.4, 0.5) is 0 Å². The zero-order chi connectivity index (χ0) is 11.9. The Balaban J connectivity index is 1.54. The Morgan fingerprint density at radius 2 is 2.29 bits per heavy atom. The van der Waals surface area contributed by atoms with Gasteiger partial charge in [-0.2, -0.15) is 11.3 Å². The van der Waals surface area contributed by atoms with E-state index in [4.69, 9.17) is 0 Å². The average Bonchev–Trinajstić information content (AvgIpc) is 2.99. The van der Waals surface area contributed by atoms with Crippen LogP contribution >= 0.6 is 23.1 Å². The van der Waals surface area contributed by atoms with Crippen LogP contribution in [-0.4, -0.2) is 23.5 Å². The molecule has 1 amide bonds. The molecule has 1 aliphatic carbocycles. The molecule has 1 N–H and O–H groups in total. The molecule has 1 saturated carbocycles.